The summed E-state index contributed by atoms with van der Waals surface area (Å²) in [6.45, 7) is 0. The molecule has 2 rings (SSSR count). The average molecular weight is 252 g/mol. The van der Waals surface area contributed by atoms with Gasteiger partial charge in [0, 0.05) is 5.56 Å². The summed E-state index contributed by atoms with van der Waals surface area (Å²) in [6.07, 6.45) is 1.05. The van der Waals surface area contributed by atoms with Gasteiger partial charge in [-0.1, -0.05) is 11.6 Å². The lowest BCUT2D eigenvalue weighted by atomic mass is 10.1. The molecule has 84 valence electrons. The first-order valence-electron chi connectivity index (χ1n) is 4.49. The Hall–Kier alpha value is -2.06. The van der Waals surface area contributed by atoms with Gasteiger partial charge in [-0.3, -0.25) is 0 Å². The molecule has 17 heavy (non-hydrogen) atoms. The van der Waals surface area contributed by atoms with E-state index in [-0.39, 0.29) is 22.0 Å². The number of benzene rings is 1. The number of nitriles is 1. The average Bonchev–Trinajstić information content (AvgIpc) is 2.30. The Morgan fingerprint density at radius 2 is 2.00 bits per heavy atom. The molecule has 1 heterocycles. The Bertz CT molecular complexity index is 623. The summed E-state index contributed by atoms with van der Waals surface area (Å²) in [6, 6.07) is 5.07. The Morgan fingerprint density at radius 1 is 1.24 bits per heavy atom. The molecule has 6 heteroatoms. The summed E-state index contributed by atoms with van der Waals surface area (Å²) in [7, 11) is 0. The van der Waals surface area contributed by atoms with Crippen LogP contribution in [0.4, 0.5) is 8.78 Å². The van der Waals surface area contributed by atoms with Crippen molar-refractivity contribution in [2.24, 2.45) is 0 Å². The van der Waals surface area contributed by atoms with Crippen molar-refractivity contribution in [2.45, 2.75) is 0 Å². The number of nitrogens with zero attached hydrogens (tertiary/aromatic N) is 3. The van der Waals surface area contributed by atoms with Gasteiger partial charge in [0.1, 0.15) is 23.9 Å². The van der Waals surface area contributed by atoms with E-state index in [9.17, 15) is 8.78 Å². The predicted molar refractivity (Wildman–Crippen MR) is 57.1 cm³/mol. The monoisotopic (exact) mass is 251 g/mol. The third-order valence-corrected chi connectivity index (χ3v) is 2.39. The summed E-state index contributed by atoms with van der Waals surface area (Å²) >= 11 is 5.78. The Kier molecular flexibility index (Phi) is 2.98. The molecule has 0 aliphatic heterocycles. The number of halogens is 3. The summed E-state index contributed by atoms with van der Waals surface area (Å²) < 4.78 is 26.6. The van der Waals surface area contributed by atoms with Crippen molar-refractivity contribution >= 4 is 11.6 Å². The standard InChI is InChI=1S/C11H4ClF2N3/c12-8-3-6(13)1-2-7(8)11-10(14)9(4-15)16-5-17-11/h1-3,5H. The lowest BCUT2D eigenvalue weighted by Crippen LogP contribution is -1.97. The van der Waals surface area contributed by atoms with Crippen LogP contribution in [0.2, 0.25) is 5.02 Å². The lowest BCUT2D eigenvalue weighted by molar-refractivity contribution is 0.612. The lowest BCUT2D eigenvalue weighted by Gasteiger charge is -2.05. The van der Waals surface area contributed by atoms with E-state index >= 15 is 0 Å². The van der Waals surface area contributed by atoms with Crippen LogP contribution in [0.25, 0.3) is 11.3 Å². The topological polar surface area (TPSA) is 49.6 Å². The van der Waals surface area contributed by atoms with Crippen molar-refractivity contribution in [1.82, 2.24) is 9.97 Å². The fourth-order valence-electron chi connectivity index (χ4n) is 1.32. The molecular formula is C11H4ClF2N3. The molecule has 0 atom stereocenters. The number of hydrogen-bond donors (Lipinski definition) is 0. The molecule has 0 amide bonds. The molecule has 2 aromatic rings. The Labute approximate surface area is 100 Å². The molecule has 1 aromatic heterocycles. The van der Waals surface area contributed by atoms with Gasteiger partial charge in [-0.25, -0.2) is 18.7 Å². The van der Waals surface area contributed by atoms with E-state index in [1.54, 1.807) is 6.07 Å². The molecule has 3 nitrogen and oxygen atoms in total. The molecule has 0 N–H and O–H groups in total. The highest BCUT2D eigenvalue weighted by atomic mass is 35.5. The molecule has 0 unspecified atom stereocenters. The van der Waals surface area contributed by atoms with E-state index in [1.807, 2.05) is 0 Å². The molecule has 1 aromatic carbocycles. The minimum Gasteiger partial charge on any atom is -0.233 e. The fourth-order valence-corrected chi connectivity index (χ4v) is 1.57. The molecule has 0 spiro atoms. The van der Waals surface area contributed by atoms with Gasteiger partial charge in [-0.15, -0.1) is 0 Å². The van der Waals surface area contributed by atoms with Crippen molar-refractivity contribution in [3.8, 4) is 17.3 Å². The molecule has 0 saturated carbocycles. The van der Waals surface area contributed by atoms with Crippen LogP contribution in [-0.2, 0) is 0 Å². The third kappa shape index (κ3) is 2.08. The van der Waals surface area contributed by atoms with Crippen LogP contribution in [0.3, 0.4) is 0 Å². The zero-order chi connectivity index (χ0) is 12.4. The summed E-state index contributed by atoms with van der Waals surface area (Å²) in [5, 5.41) is 8.65. The van der Waals surface area contributed by atoms with Crippen LogP contribution in [0.1, 0.15) is 5.69 Å². The predicted octanol–water partition coefficient (Wildman–Crippen LogP) is 2.95. The van der Waals surface area contributed by atoms with Gasteiger partial charge in [-0.2, -0.15) is 5.26 Å². The Balaban J connectivity index is 2.66. The van der Waals surface area contributed by atoms with Gasteiger partial charge in [0.25, 0.3) is 0 Å². The molecule has 0 radical (unpaired) electrons. The van der Waals surface area contributed by atoms with Gasteiger partial charge >= 0.3 is 0 Å². The first-order chi connectivity index (χ1) is 8.13. The van der Waals surface area contributed by atoms with Crippen molar-refractivity contribution < 1.29 is 8.78 Å². The van der Waals surface area contributed by atoms with Gasteiger partial charge in [-0.05, 0) is 18.2 Å². The first-order valence-corrected chi connectivity index (χ1v) is 4.87. The van der Waals surface area contributed by atoms with Crippen LogP contribution in [-0.4, -0.2) is 9.97 Å². The molecular weight excluding hydrogens is 248 g/mol. The number of hydrogen-bond acceptors (Lipinski definition) is 3. The number of aromatic nitrogens is 2. The minimum absolute atomic E-state index is 0.0199. The quantitative estimate of drug-likeness (QED) is 0.783. The Morgan fingerprint density at radius 3 is 2.65 bits per heavy atom. The highest BCUT2D eigenvalue weighted by Crippen LogP contribution is 2.29. The summed E-state index contributed by atoms with van der Waals surface area (Å²) in [4.78, 5) is 7.17. The number of rotatable bonds is 1. The van der Waals surface area contributed by atoms with Gasteiger partial charge in [0.2, 0.25) is 0 Å². The minimum atomic E-state index is -0.872. The second-order valence-electron chi connectivity index (χ2n) is 3.12. The van der Waals surface area contributed by atoms with Gasteiger partial charge < -0.3 is 0 Å². The second kappa shape index (κ2) is 4.44. The summed E-state index contributed by atoms with van der Waals surface area (Å²) in [5.41, 5.74) is -0.290. The van der Waals surface area contributed by atoms with E-state index in [0.29, 0.717) is 0 Å². The largest absolute Gasteiger partial charge is 0.233 e. The summed E-state index contributed by atoms with van der Waals surface area (Å²) in [5.74, 6) is -1.41. The zero-order valence-corrected chi connectivity index (χ0v) is 9.04. The molecule has 0 fully saturated rings. The van der Waals surface area contributed by atoms with Crippen LogP contribution in [0, 0.1) is 23.0 Å². The molecule has 0 bridgehead atoms. The highest BCUT2D eigenvalue weighted by Gasteiger charge is 2.15. The van der Waals surface area contributed by atoms with Crippen LogP contribution >= 0.6 is 11.6 Å². The van der Waals surface area contributed by atoms with Crippen LogP contribution in [0.5, 0.6) is 0 Å². The van der Waals surface area contributed by atoms with E-state index in [0.717, 1.165) is 18.5 Å². The van der Waals surface area contributed by atoms with Gasteiger partial charge in [0.05, 0.1) is 5.02 Å². The first kappa shape index (κ1) is 11.4. The van der Waals surface area contributed by atoms with Crippen molar-refractivity contribution in [3.63, 3.8) is 0 Å². The van der Waals surface area contributed by atoms with Crippen molar-refractivity contribution in [1.29, 1.82) is 5.26 Å². The smallest absolute Gasteiger partial charge is 0.185 e. The maximum absolute atomic E-state index is 13.7. The SMILES string of the molecule is N#Cc1ncnc(-c2ccc(F)cc2Cl)c1F. The zero-order valence-electron chi connectivity index (χ0n) is 8.28. The molecule has 0 aliphatic carbocycles. The van der Waals surface area contributed by atoms with Gasteiger partial charge in [0.15, 0.2) is 11.5 Å². The maximum Gasteiger partial charge on any atom is 0.185 e. The van der Waals surface area contributed by atoms with Crippen molar-refractivity contribution in [3.05, 3.63) is 46.9 Å². The second-order valence-corrected chi connectivity index (χ2v) is 3.53. The van der Waals surface area contributed by atoms with Crippen molar-refractivity contribution in [2.75, 3.05) is 0 Å². The highest BCUT2D eigenvalue weighted by molar-refractivity contribution is 6.33. The van der Waals surface area contributed by atoms with E-state index in [2.05, 4.69) is 9.97 Å². The van der Waals surface area contributed by atoms with E-state index < -0.39 is 11.6 Å². The normalized spacial score (nSPS) is 10.0. The van der Waals surface area contributed by atoms with E-state index in [4.69, 9.17) is 16.9 Å². The molecule has 0 saturated heterocycles. The molecule has 0 aliphatic rings. The van der Waals surface area contributed by atoms with Crippen LogP contribution in [0.15, 0.2) is 24.5 Å². The van der Waals surface area contributed by atoms with Crippen LogP contribution < -0.4 is 0 Å². The fraction of sp³-hybridized carbons (Fsp3) is 0. The maximum atomic E-state index is 13.7. The van der Waals surface area contributed by atoms with E-state index in [1.165, 1.54) is 6.07 Å². The third-order valence-electron chi connectivity index (χ3n) is 2.08.